The van der Waals surface area contributed by atoms with Gasteiger partial charge in [-0.15, -0.1) is 0 Å². The Hall–Kier alpha value is -2.21. The van der Waals surface area contributed by atoms with Gasteiger partial charge in [0, 0.05) is 17.5 Å². The third kappa shape index (κ3) is 3.83. The van der Waals surface area contributed by atoms with Crippen molar-refractivity contribution in [3.63, 3.8) is 0 Å². The maximum atomic E-state index is 14.1. The minimum absolute atomic E-state index is 0.0467. The lowest BCUT2D eigenvalue weighted by atomic mass is 9.85. The zero-order valence-corrected chi connectivity index (χ0v) is 16.6. The van der Waals surface area contributed by atoms with Crippen molar-refractivity contribution < 1.29 is 22.0 Å². The Morgan fingerprint density at radius 1 is 1.29 bits per heavy atom. The summed E-state index contributed by atoms with van der Waals surface area (Å²) in [5, 5.41) is 12.3. The van der Waals surface area contributed by atoms with E-state index in [2.05, 4.69) is 16.1 Å². The van der Waals surface area contributed by atoms with Crippen molar-refractivity contribution in [1.82, 2.24) is 5.32 Å². The number of hydrogen-bond donors (Lipinski definition) is 2. The number of rotatable bonds is 6. The van der Waals surface area contributed by atoms with Crippen molar-refractivity contribution in [2.45, 2.75) is 56.9 Å². The van der Waals surface area contributed by atoms with E-state index >= 15 is 0 Å². The van der Waals surface area contributed by atoms with E-state index in [-0.39, 0.29) is 16.8 Å². The van der Waals surface area contributed by atoms with Gasteiger partial charge in [0.05, 0.1) is 29.0 Å². The Balaban J connectivity index is 1.95. The largest absolute Gasteiger partial charge is 0.346 e. The lowest BCUT2D eigenvalue weighted by Crippen LogP contribution is -2.45. The lowest BCUT2D eigenvalue weighted by molar-refractivity contribution is -0.00830. The number of carbonyl (C=O) groups excluding carboxylic acids is 1. The Labute approximate surface area is 163 Å². The molecule has 152 valence electrons. The molecule has 0 saturated heterocycles. The molecule has 0 atom stereocenters. The van der Waals surface area contributed by atoms with Crippen LogP contribution in [-0.4, -0.2) is 26.1 Å². The van der Waals surface area contributed by atoms with Crippen LogP contribution < -0.4 is 10.0 Å². The van der Waals surface area contributed by atoms with Crippen LogP contribution in [0, 0.1) is 16.7 Å². The second-order valence-electron chi connectivity index (χ2n) is 8.00. The van der Waals surface area contributed by atoms with Gasteiger partial charge in [-0.2, -0.15) is 5.26 Å². The smallest absolute Gasteiger partial charge is 0.273 e. The zero-order valence-electron chi connectivity index (χ0n) is 15.8. The second kappa shape index (κ2) is 6.69. The molecule has 2 bridgehead atoms. The zero-order chi connectivity index (χ0) is 20.8. The second-order valence-corrected chi connectivity index (χ2v) is 9.74. The summed E-state index contributed by atoms with van der Waals surface area (Å²) in [7, 11) is -3.70. The number of carbonyl (C=O) groups is 1. The number of halogens is 2. The van der Waals surface area contributed by atoms with Gasteiger partial charge in [0.2, 0.25) is 10.0 Å². The predicted molar refractivity (Wildman–Crippen MR) is 100 cm³/mol. The van der Waals surface area contributed by atoms with Crippen molar-refractivity contribution in [3.05, 3.63) is 29.3 Å². The molecule has 0 spiro atoms. The van der Waals surface area contributed by atoms with E-state index in [0.29, 0.717) is 32.1 Å². The topological polar surface area (TPSA) is 99.1 Å². The van der Waals surface area contributed by atoms with Crippen LogP contribution in [0.1, 0.15) is 61.4 Å². The van der Waals surface area contributed by atoms with E-state index in [0.717, 1.165) is 18.4 Å². The number of benzene rings is 1. The first-order chi connectivity index (χ1) is 12.9. The van der Waals surface area contributed by atoms with Gasteiger partial charge < -0.3 is 5.32 Å². The number of hydrogen-bond acceptors (Lipinski definition) is 4. The summed E-state index contributed by atoms with van der Waals surface area (Å²) in [6, 6.07) is 5.70. The highest BCUT2D eigenvalue weighted by atomic mass is 32.2. The van der Waals surface area contributed by atoms with E-state index in [4.69, 9.17) is 0 Å². The molecule has 0 unspecified atom stereocenters. The Bertz CT molecular complexity index is 946. The van der Waals surface area contributed by atoms with Gasteiger partial charge in [0.25, 0.3) is 11.8 Å². The monoisotopic (exact) mass is 411 g/mol. The molecular weight excluding hydrogens is 388 g/mol. The molecule has 1 aromatic rings. The normalized spacial score (nSPS) is 26.7. The standard InChI is InChI=1S/C19H23F2N3O3S/c1-3-19(20,21)13-4-5-15(24-28(2,26)27)14(10-13)16(25)23-18-8-6-17(11-18,12-22)7-9-18/h4-5,10,24H,3,6-9,11H2,1-2H3,(H,23,25). The van der Waals surface area contributed by atoms with Crippen molar-refractivity contribution >= 4 is 21.6 Å². The molecule has 3 rings (SSSR count). The average Bonchev–Trinajstić information content (AvgIpc) is 3.16. The molecule has 28 heavy (non-hydrogen) atoms. The number of nitrogens with one attached hydrogen (secondary N) is 2. The van der Waals surface area contributed by atoms with Crippen molar-refractivity contribution in [1.29, 1.82) is 5.26 Å². The first-order valence-corrected chi connectivity index (χ1v) is 11.1. The van der Waals surface area contributed by atoms with E-state index in [1.165, 1.54) is 13.0 Å². The molecule has 2 fully saturated rings. The van der Waals surface area contributed by atoms with Gasteiger partial charge in [-0.05, 0) is 44.2 Å². The summed E-state index contributed by atoms with van der Waals surface area (Å²) in [6.07, 6.45) is 3.68. The number of fused-ring (bicyclic) bond motifs is 2. The molecule has 2 aliphatic carbocycles. The van der Waals surface area contributed by atoms with Gasteiger partial charge in [0.15, 0.2) is 0 Å². The van der Waals surface area contributed by atoms with E-state index in [9.17, 15) is 27.3 Å². The maximum Gasteiger partial charge on any atom is 0.273 e. The summed E-state index contributed by atoms with van der Waals surface area (Å²) in [4.78, 5) is 13.0. The minimum atomic E-state index is -3.70. The van der Waals surface area contributed by atoms with Crippen molar-refractivity contribution in [2.24, 2.45) is 5.41 Å². The third-order valence-corrected chi connectivity index (χ3v) is 6.47. The predicted octanol–water partition coefficient (Wildman–Crippen LogP) is 3.52. The third-order valence-electron chi connectivity index (χ3n) is 5.88. The van der Waals surface area contributed by atoms with E-state index in [1.54, 1.807) is 0 Å². The van der Waals surface area contributed by atoms with Crippen LogP contribution in [0.4, 0.5) is 14.5 Å². The summed E-state index contributed by atoms with van der Waals surface area (Å²) >= 11 is 0. The molecule has 0 aromatic heterocycles. The van der Waals surface area contributed by atoms with Gasteiger partial charge in [0.1, 0.15) is 0 Å². The molecule has 1 aromatic carbocycles. The summed E-state index contributed by atoms with van der Waals surface area (Å²) in [5.74, 6) is -3.75. The number of sulfonamides is 1. The molecule has 0 aliphatic heterocycles. The Morgan fingerprint density at radius 3 is 2.43 bits per heavy atom. The fourth-order valence-corrected chi connectivity index (χ4v) is 4.87. The Kier molecular flexibility index (Phi) is 4.90. The molecule has 2 N–H and O–H groups in total. The van der Waals surface area contributed by atoms with Gasteiger partial charge >= 0.3 is 0 Å². The lowest BCUT2D eigenvalue weighted by Gasteiger charge is -2.28. The van der Waals surface area contributed by atoms with Crippen LogP contribution in [0.25, 0.3) is 0 Å². The first-order valence-electron chi connectivity index (χ1n) is 9.17. The summed E-state index contributed by atoms with van der Waals surface area (Å²) < 4.78 is 53.8. The van der Waals surface area contributed by atoms with Crippen molar-refractivity contribution in [2.75, 3.05) is 11.0 Å². The number of anilines is 1. The van der Waals surface area contributed by atoms with E-state index in [1.807, 2.05) is 0 Å². The van der Waals surface area contributed by atoms with Crippen LogP contribution in [0.3, 0.4) is 0 Å². The average molecular weight is 411 g/mol. The molecule has 2 saturated carbocycles. The highest BCUT2D eigenvalue weighted by Crippen LogP contribution is 2.56. The number of nitrogens with zero attached hydrogens (tertiary/aromatic N) is 1. The quantitative estimate of drug-likeness (QED) is 0.748. The fraction of sp³-hybridized carbons (Fsp3) is 0.579. The fourth-order valence-electron chi connectivity index (χ4n) is 4.29. The first kappa shape index (κ1) is 20.5. The van der Waals surface area contributed by atoms with Crippen LogP contribution in [0.2, 0.25) is 0 Å². The maximum absolute atomic E-state index is 14.1. The van der Waals surface area contributed by atoms with Gasteiger partial charge in [-0.25, -0.2) is 17.2 Å². The molecule has 9 heteroatoms. The molecule has 0 heterocycles. The minimum Gasteiger partial charge on any atom is -0.346 e. The molecule has 0 radical (unpaired) electrons. The van der Waals surface area contributed by atoms with Crippen LogP contribution in [0.5, 0.6) is 0 Å². The van der Waals surface area contributed by atoms with Crippen LogP contribution in [-0.2, 0) is 15.9 Å². The summed E-state index contributed by atoms with van der Waals surface area (Å²) in [6.45, 7) is 1.33. The van der Waals surface area contributed by atoms with Crippen molar-refractivity contribution in [3.8, 4) is 6.07 Å². The highest BCUT2D eigenvalue weighted by molar-refractivity contribution is 7.92. The highest BCUT2D eigenvalue weighted by Gasteiger charge is 2.55. The van der Waals surface area contributed by atoms with Gasteiger partial charge in [-0.3, -0.25) is 9.52 Å². The molecular formula is C19H23F2N3O3S. The molecule has 1 amide bonds. The van der Waals surface area contributed by atoms with Gasteiger partial charge in [-0.1, -0.05) is 13.0 Å². The molecule has 2 aliphatic rings. The van der Waals surface area contributed by atoms with E-state index < -0.39 is 39.2 Å². The number of amides is 1. The SMILES string of the molecule is CCC(F)(F)c1ccc(NS(C)(=O)=O)c(C(=O)NC23CCC(C#N)(CC2)C3)c1. The summed E-state index contributed by atoms with van der Waals surface area (Å²) in [5.41, 5.74) is -1.52. The number of nitriles is 1. The van der Waals surface area contributed by atoms with Crippen LogP contribution >= 0.6 is 0 Å². The molecule has 6 nitrogen and oxygen atoms in total. The Morgan fingerprint density at radius 2 is 1.93 bits per heavy atom. The number of alkyl halides is 2. The van der Waals surface area contributed by atoms with Crippen LogP contribution in [0.15, 0.2) is 18.2 Å².